The van der Waals surface area contributed by atoms with Gasteiger partial charge >= 0.3 is 18.0 Å². The summed E-state index contributed by atoms with van der Waals surface area (Å²) in [6.45, 7) is 2.90. The maximum absolute atomic E-state index is 12.3. The number of likely N-dealkylation sites (N-methyl/N-ethyl adjacent to an activating group) is 1. The van der Waals surface area contributed by atoms with Gasteiger partial charge in [-0.25, -0.2) is 4.79 Å². The molecule has 0 aromatic carbocycles. The Morgan fingerprint density at radius 1 is 1.45 bits per heavy atom. The van der Waals surface area contributed by atoms with Crippen molar-refractivity contribution < 1.29 is 29.0 Å². The molecule has 0 radical (unpaired) electrons. The van der Waals surface area contributed by atoms with Gasteiger partial charge in [0.2, 0.25) is 0 Å². The number of rotatable bonds is 5. The van der Waals surface area contributed by atoms with Crippen LogP contribution in [0.5, 0.6) is 0 Å². The second kappa shape index (κ2) is 7.68. The fraction of sp³-hybridized carbons (Fsp3) is 0.750. The normalized spacial score (nSPS) is 18.5. The lowest BCUT2D eigenvalue weighted by atomic mass is 10.2. The minimum Gasteiger partial charge on any atom is -0.481 e. The number of nitrogens with zero attached hydrogens (tertiary/aromatic N) is 2. The molecule has 8 heteroatoms. The Balaban J connectivity index is 2.59. The summed E-state index contributed by atoms with van der Waals surface area (Å²) in [6, 6.07) is -0.309. The molecule has 0 bridgehead atoms. The molecule has 1 unspecified atom stereocenters. The molecule has 2 amide bonds. The second-order valence-corrected chi connectivity index (χ2v) is 4.41. The number of hydrogen-bond donors (Lipinski definition) is 1. The fourth-order valence-electron chi connectivity index (χ4n) is 1.95. The second-order valence-electron chi connectivity index (χ2n) is 4.41. The van der Waals surface area contributed by atoms with E-state index in [1.807, 2.05) is 0 Å². The van der Waals surface area contributed by atoms with Crippen LogP contribution in [-0.4, -0.2) is 78.9 Å². The summed E-state index contributed by atoms with van der Waals surface area (Å²) >= 11 is 0. The molecule has 0 aromatic rings. The summed E-state index contributed by atoms with van der Waals surface area (Å²) < 4.78 is 9.84. The van der Waals surface area contributed by atoms with Gasteiger partial charge in [0.1, 0.15) is 6.54 Å². The summed E-state index contributed by atoms with van der Waals surface area (Å²) in [4.78, 5) is 37.0. The highest BCUT2D eigenvalue weighted by Crippen LogP contribution is 2.11. The number of carbonyl (C=O) groups is 3. The molecule has 1 N–H and O–H groups in total. The smallest absolute Gasteiger partial charge is 0.325 e. The van der Waals surface area contributed by atoms with Crippen LogP contribution in [0.1, 0.15) is 13.3 Å². The Morgan fingerprint density at radius 3 is 2.70 bits per heavy atom. The summed E-state index contributed by atoms with van der Waals surface area (Å²) in [6.07, 6.45) is -0.658. The maximum Gasteiger partial charge on any atom is 0.325 e. The van der Waals surface area contributed by atoms with Crippen LogP contribution in [0.4, 0.5) is 4.79 Å². The van der Waals surface area contributed by atoms with Crippen molar-refractivity contribution in [3.8, 4) is 0 Å². The third-order valence-corrected chi connectivity index (χ3v) is 3.01. The molecule has 1 atom stereocenters. The Morgan fingerprint density at radius 2 is 2.15 bits per heavy atom. The van der Waals surface area contributed by atoms with Crippen LogP contribution in [0.3, 0.4) is 0 Å². The zero-order valence-corrected chi connectivity index (χ0v) is 11.7. The first-order valence-corrected chi connectivity index (χ1v) is 6.42. The topological polar surface area (TPSA) is 96.4 Å². The number of carboxylic acids is 1. The average molecular weight is 288 g/mol. The van der Waals surface area contributed by atoms with Gasteiger partial charge in [-0.05, 0) is 6.92 Å². The van der Waals surface area contributed by atoms with Crippen molar-refractivity contribution in [2.45, 2.75) is 19.4 Å². The zero-order valence-electron chi connectivity index (χ0n) is 11.7. The van der Waals surface area contributed by atoms with Gasteiger partial charge in [-0.15, -0.1) is 0 Å². The number of morpholine rings is 1. The zero-order chi connectivity index (χ0) is 15.1. The van der Waals surface area contributed by atoms with E-state index in [1.54, 1.807) is 6.92 Å². The lowest BCUT2D eigenvalue weighted by molar-refractivity contribution is -0.141. The van der Waals surface area contributed by atoms with E-state index in [-0.39, 0.29) is 25.5 Å². The highest BCUT2D eigenvalue weighted by molar-refractivity contribution is 5.81. The van der Waals surface area contributed by atoms with Crippen LogP contribution in [0.2, 0.25) is 0 Å². The third kappa shape index (κ3) is 4.69. The lowest BCUT2D eigenvalue weighted by Crippen LogP contribution is -2.52. The quantitative estimate of drug-likeness (QED) is 0.702. The highest BCUT2D eigenvalue weighted by atomic mass is 16.5. The maximum atomic E-state index is 12.3. The molecule has 1 fully saturated rings. The van der Waals surface area contributed by atoms with Crippen molar-refractivity contribution in [2.24, 2.45) is 0 Å². The van der Waals surface area contributed by atoms with E-state index in [0.29, 0.717) is 19.7 Å². The van der Waals surface area contributed by atoms with E-state index in [0.717, 1.165) is 0 Å². The van der Waals surface area contributed by atoms with E-state index in [1.165, 1.54) is 16.9 Å². The number of amides is 2. The first-order chi connectivity index (χ1) is 9.47. The van der Waals surface area contributed by atoms with Crippen molar-refractivity contribution in [2.75, 3.05) is 39.9 Å². The van der Waals surface area contributed by atoms with Gasteiger partial charge in [-0.2, -0.15) is 0 Å². The van der Waals surface area contributed by atoms with Crippen LogP contribution in [0.15, 0.2) is 0 Å². The monoisotopic (exact) mass is 288 g/mol. The molecule has 114 valence electrons. The molecule has 1 heterocycles. The molecule has 8 nitrogen and oxygen atoms in total. The van der Waals surface area contributed by atoms with E-state index in [4.69, 9.17) is 9.84 Å². The Bertz CT molecular complexity index is 373. The number of ether oxygens (including phenoxy) is 2. The molecular formula is C12H20N2O6. The van der Waals surface area contributed by atoms with Crippen molar-refractivity contribution in [1.82, 2.24) is 9.80 Å². The van der Waals surface area contributed by atoms with Crippen molar-refractivity contribution >= 4 is 18.0 Å². The third-order valence-electron chi connectivity index (χ3n) is 3.01. The predicted molar refractivity (Wildman–Crippen MR) is 68.2 cm³/mol. The fourth-order valence-corrected chi connectivity index (χ4v) is 1.95. The molecule has 1 saturated heterocycles. The number of esters is 1. The summed E-state index contributed by atoms with van der Waals surface area (Å²) in [7, 11) is 1.26. The van der Waals surface area contributed by atoms with Crippen molar-refractivity contribution in [1.29, 1.82) is 0 Å². The largest absolute Gasteiger partial charge is 0.481 e. The molecule has 1 aliphatic rings. The molecule has 0 aromatic heterocycles. The van der Waals surface area contributed by atoms with Crippen molar-refractivity contribution in [3.63, 3.8) is 0 Å². The van der Waals surface area contributed by atoms with Gasteiger partial charge < -0.3 is 24.4 Å². The molecular weight excluding hydrogens is 268 g/mol. The van der Waals surface area contributed by atoms with Crippen LogP contribution >= 0.6 is 0 Å². The molecule has 0 saturated carbocycles. The van der Waals surface area contributed by atoms with Crippen LogP contribution in [0.25, 0.3) is 0 Å². The van der Waals surface area contributed by atoms with Crippen LogP contribution in [-0.2, 0) is 19.1 Å². The van der Waals surface area contributed by atoms with Crippen LogP contribution < -0.4 is 0 Å². The Hall–Kier alpha value is -1.83. The van der Waals surface area contributed by atoms with Gasteiger partial charge in [0.15, 0.2) is 0 Å². The lowest BCUT2D eigenvalue weighted by Gasteiger charge is -2.35. The van der Waals surface area contributed by atoms with E-state index in [2.05, 4.69) is 4.74 Å². The van der Waals surface area contributed by atoms with Crippen LogP contribution in [0, 0.1) is 0 Å². The van der Waals surface area contributed by atoms with Gasteiger partial charge in [0.05, 0.1) is 26.2 Å². The average Bonchev–Trinajstić information content (AvgIpc) is 2.43. The number of hydrogen-bond acceptors (Lipinski definition) is 5. The van der Waals surface area contributed by atoms with Gasteiger partial charge in [0.25, 0.3) is 0 Å². The Labute approximate surface area is 117 Å². The van der Waals surface area contributed by atoms with Gasteiger partial charge in [-0.3, -0.25) is 9.59 Å². The van der Waals surface area contributed by atoms with Gasteiger partial charge in [0, 0.05) is 19.6 Å². The van der Waals surface area contributed by atoms with Crippen molar-refractivity contribution in [3.05, 3.63) is 0 Å². The SMILES string of the molecule is CCN(CC(=O)OC)C(=O)N1CCOC(CC(=O)O)C1. The van der Waals surface area contributed by atoms with Gasteiger partial charge in [-0.1, -0.05) is 0 Å². The summed E-state index contributed by atoms with van der Waals surface area (Å²) in [5.74, 6) is -1.46. The first kappa shape index (κ1) is 16.2. The summed E-state index contributed by atoms with van der Waals surface area (Å²) in [5.41, 5.74) is 0. The minimum atomic E-state index is -0.966. The molecule has 1 rings (SSSR count). The molecule has 1 aliphatic heterocycles. The van der Waals surface area contributed by atoms with E-state index < -0.39 is 18.0 Å². The number of aliphatic carboxylic acids is 1. The first-order valence-electron chi connectivity index (χ1n) is 6.42. The summed E-state index contributed by atoms with van der Waals surface area (Å²) in [5, 5.41) is 8.74. The molecule has 0 spiro atoms. The number of carboxylic acid groups (broad SMARTS) is 1. The number of methoxy groups -OCH3 is 1. The Kier molecular flexibility index (Phi) is 6.23. The number of urea groups is 1. The van der Waals surface area contributed by atoms with E-state index >= 15 is 0 Å². The highest BCUT2D eigenvalue weighted by Gasteiger charge is 2.29. The molecule has 20 heavy (non-hydrogen) atoms. The predicted octanol–water partition coefficient (Wildman–Crippen LogP) is -0.223. The van der Waals surface area contributed by atoms with E-state index in [9.17, 15) is 14.4 Å². The minimum absolute atomic E-state index is 0.118. The molecule has 0 aliphatic carbocycles. The number of carbonyl (C=O) groups excluding carboxylic acids is 2. The standard InChI is InChI=1S/C12H20N2O6/c1-3-13(8-11(17)19-2)12(18)14-4-5-20-9(7-14)6-10(15)16/h9H,3-8H2,1-2H3,(H,15,16).